The van der Waals surface area contributed by atoms with Gasteiger partial charge in [-0.25, -0.2) is 4.98 Å². The van der Waals surface area contributed by atoms with Crippen LogP contribution in [0.1, 0.15) is 42.5 Å². The lowest BCUT2D eigenvalue weighted by atomic mass is 10.1. The first-order valence-corrected chi connectivity index (χ1v) is 6.74. The highest BCUT2D eigenvalue weighted by Crippen LogP contribution is 2.28. The highest BCUT2D eigenvalue weighted by atomic mass is 32.1. The summed E-state index contributed by atoms with van der Waals surface area (Å²) in [7, 11) is 0. The molecule has 0 spiro atoms. The molecule has 2 rings (SSSR count). The second-order valence-corrected chi connectivity index (χ2v) is 5.85. The van der Waals surface area contributed by atoms with Crippen molar-refractivity contribution in [2.24, 2.45) is 5.92 Å². The van der Waals surface area contributed by atoms with Crippen LogP contribution < -0.4 is 5.32 Å². The Morgan fingerprint density at radius 3 is 3.00 bits per heavy atom. The molecule has 0 amide bonds. The smallest absolute Gasteiger partial charge is 0.107 e. The summed E-state index contributed by atoms with van der Waals surface area (Å²) in [6.45, 7) is 5.38. The van der Waals surface area contributed by atoms with E-state index in [9.17, 15) is 0 Å². The standard InChI is InChI=1S/C12H20N2S/c1-3-10-4-5-11(6-10)13-8-12-14-7-9(2)15-12/h7,10-11,13H,3-6,8H2,1-2H3. The van der Waals surface area contributed by atoms with Gasteiger partial charge in [-0.2, -0.15) is 0 Å². The molecule has 0 aromatic carbocycles. The zero-order valence-electron chi connectivity index (χ0n) is 9.62. The predicted molar refractivity (Wildman–Crippen MR) is 65.1 cm³/mol. The molecule has 0 bridgehead atoms. The minimum absolute atomic E-state index is 0.735. The van der Waals surface area contributed by atoms with Gasteiger partial charge in [0.15, 0.2) is 0 Å². The number of thiazole rings is 1. The molecule has 15 heavy (non-hydrogen) atoms. The maximum Gasteiger partial charge on any atom is 0.107 e. The number of aromatic nitrogens is 1. The van der Waals surface area contributed by atoms with Crippen molar-refractivity contribution in [3.8, 4) is 0 Å². The lowest BCUT2D eigenvalue weighted by Crippen LogP contribution is -2.25. The van der Waals surface area contributed by atoms with Gasteiger partial charge in [0.05, 0.1) is 0 Å². The minimum atomic E-state index is 0.735. The molecule has 84 valence electrons. The Morgan fingerprint density at radius 1 is 1.53 bits per heavy atom. The molecule has 2 unspecified atom stereocenters. The monoisotopic (exact) mass is 224 g/mol. The van der Waals surface area contributed by atoms with Crippen LogP contribution in [0, 0.1) is 12.8 Å². The number of aryl methyl sites for hydroxylation is 1. The van der Waals surface area contributed by atoms with Crippen molar-refractivity contribution >= 4 is 11.3 Å². The van der Waals surface area contributed by atoms with Crippen LogP contribution in [0.5, 0.6) is 0 Å². The van der Waals surface area contributed by atoms with Gasteiger partial charge in [-0.15, -0.1) is 11.3 Å². The van der Waals surface area contributed by atoms with Crippen molar-refractivity contribution in [2.75, 3.05) is 0 Å². The van der Waals surface area contributed by atoms with Crippen molar-refractivity contribution in [3.05, 3.63) is 16.1 Å². The fourth-order valence-corrected chi connectivity index (χ4v) is 3.08. The Kier molecular flexibility index (Phi) is 3.76. The molecule has 3 heteroatoms. The van der Waals surface area contributed by atoms with Crippen LogP contribution in [0.15, 0.2) is 6.20 Å². The van der Waals surface area contributed by atoms with E-state index in [1.807, 2.05) is 6.20 Å². The lowest BCUT2D eigenvalue weighted by Gasteiger charge is -2.11. The third-order valence-electron chi connectivity index (χ3n) is 3.33. The molecule has 1 aromatic rings. The highest BCUT2D eigenvalue weighted by molar-refractivity contribution is 7.11. The van der Waals surface area contributed by atoms with Gasteiger partial charge in [0.25, 0.3) is 0 Å². The Balaban J connectivity index is 1.75. The maximum absolute atomic E-state index is 4.37. The van der Waals surface area contributed by atoms with Gasteiger partial charge in [-0.1, -0.05) is 13.3 Å². The van der Waals surface area contributed by atoms with Crippen molar-refractivity contribution in [1.29, 1.82) is 0 Å². The molecule has 1 aliphatic carbocycles. The fraction of sp³-hybridized carbons (Fsp3) is 0.750. The molecular weight excluding hydrogens is 204 g/mol. The zero-order chi connectivity index (χ0) is 10.7. The second-order valence-electron chi connectivity index (χ2n) is 4.53. The Morgan fingerprint density at radius 2 is 2.40 bits per heavy atom. The Bertz CT molecular complexity index is 308. The van der Waals surface area contributed by atoms with Gasteiger partial charge < -0.3 is 5.32 Å². The van der Waals surface area contributed by atoms with Gasteiger partial charge >= 0.3 is 0 Å². The van der Waals surface area contributed by atoms with Crippen molar-refractivity contribution < 1.29 is 0 Å². The molecule has 1 saturated carbocycles. The van der Waals surface area contributed by atoms with Crippen LogP contribution in [-0.4, -0.2) is 11.0 Å². The first-order valence-electron chi connectivity index (χ1n) is 5.92. The van der Waals surface area contributed by atoms with E-state index in [4.69, 9.17) is 0 Å². The first kappa shape index (κ1) is 11.1. The van der Waals surface area contributed by atoms with Crippen LogP contribution in [0.4, 0.5) is 0 Å². The Labute approximate surface area is 96.1 Å². The third-order valence-corrected chi connectivity index (χ3v) is 4.24. The van der Waals surface area contributed by atoms with Crippen molar-refractivity contribution in [3.63, 3.8) is 0 Å². The molecule has 2 nitrogen and oxygen atoms in total. The summed E-state index contributed by atoms with van der Waals surface area (Å²) in [5, 5.41) is 4.85. The van der Waals surface area contributed by atoms with E-state index in [0.29, 0.717) is 0 Å². The van der Waals surface area contributed by atoms with Crippen LogP contribution in [0.25, 0.3) is 0 Å². The van der Waals surface area contributed by atoms with E-state index in [0.717, 1.165) is 18.5 Å². The minimum Gasteiger partial charge on any atom is -0.308 e. The van der Waals surface area contributed by atoms with E-state index in [2.05, 4.69) is 24.1 Å². The molecule has 0 saturated heterocycles. The highest BCUT2D eigenvalue weighted by Gasteiger charge is 2.22. The van der Waals surface area contributed by atoms with E-state index in [1.165, 1.54) is 35.6 Å². The molecular formula is C12H20N2S. The molecule has 0 radical (unpaired) electrons. The van der Waals surface area contributed by atoms with E-state index >= 15 is 0 Å². The van der Waals surface area contributed by atoms with Crippen LogP contribution in [0.3, 0.4) is 0 Å². The molecule has 0 aliphatic heterocycles. The summed E-state index contributed by atoms with van der Waals surface area (Å²) >= 11 is 1.80. The van der Waals surface area contributed by atoms with Gasteiger partial charge in [0.2, 0.25) is 0 Å². The van der Waals surface area contributed by atoms with Crippen molar-refractivity contribution in [2.45, 2.75) is 52.1 Å². The quantitative estimate of drug-likeness (QED) is 0.850. The van der Waals surface area contributed by atoms with Crippen LogP contribution in [-0.2, 0) is 6.54 Å². The lowest BCUT2D eigenvalue weighted by molar-refractivity contribution is 0.476. The number of nitrogens with one attached hydrogen (secondary N) is 1. The summed E-state index contributed by atoms with van der Waals surface area (Å²) in [5.74, 6) is 0.959. The first-order chi connectivity index (χ1) is 7.28. The summed E-state index contributed by atoms with van der Waals surface area (Å²) < 4.78 is 0. The molecule has 2 atom stereocenters. The number of hydrogen-bond acceptors (Lipinski definition) is 3. The zero-order valence-corrected chi connectivity index (χ0v) is 10.4. The third kappa shape index (κ3) is 3.02. The molecule has 1 aliphatic rings. The van der Waals surface area contributed by atoms with Crippen LogP contribution in [0.2, 0.25) is 0 Å². The van der Waals surface area contributed by atoms with Gasteiger partial charge in [-0.3, -0.25) is 0 Å². The molecule has 1 heterocycles. The van der Waals surface area contributed by atoms with E-state index in [-0.39, 0.29) is 0 Å². The summed E-state index contributed by atoms with van der Waals surface area (Å²) in [6, 6.07) is 0.735. The summed E-state index contributed by atoms with van der Waals surface area (Å²) in [4.78, 5) is 5.68. The summed E-state index contributed by atoms with van der Waals surface area (Å²) in [5.41, 5.74) is 0. The predicted octanol–water partition coefficient (Wildman–Crippen LogP) is 3.12. The molecule has 1 N–H and O–H groups in total. The SMILES string of the molecule is CCC1CCC(NCc2ncc(C)s2)C1. The van der Waals surface area contributed by atoms with Crippen molar-refractivity contribution in [1.82, 2.24) is 10.3 Å². The average Bonchev–Trinajstić information content (AvgIpc) is 2.83. The number of rotatable bonds is 4. The van der Waals surface area contributed by atoms with E-state index < -0.39 is 0 Å². The van der Waals surface area contributed by atoms with Gasteiger partial charge in [0, 0.05) is 23.7 Å². The van der Waals surface area contributed by atoms with Crippen LogP contribution >= 0.6 is 11.3 Å². The fourth-order valence-electron chi connectivity index (χ4n) is 2.35. The number of nitrogens with zero attached hydrogens (tertiary/aromatic N) is 1. The number of hydrogen-bond donors (Lipinski definition) is 1. The normalized spacial score (nSPS) is 26.0. The van der Waals surface area contributed by atoms with Gasteiger partial charge in [0.1, 0.15) is 5.01 Å². The van der Waals surface area contributed by atoms with Gasteiger partial charge in [-0.05, 0) is 32.1 Å². The maximum atomic E-state index is 4.37. The average molecular weight is 224 g/mol. The second kappa shape index (κ2) is 5.08. The largest absolute Gasteiger partial charge is 0.308 e. The summed E-state index contributed by atoms with van der Waals surface area (Å²) in [6.07, 6.45) is 7.43. The Hall–Kier alpha value is -0.410. The molecule has 1 aromatic heterocycles. The topological polar surface area (TPSA) is 24.9 Å². The molecule has 1 fully saturated rings. The van der Waals surface area contributed by atoms with E-state index in [1.54, 1.807) is 11.3 Å².